The third-order valence-corrected chi connectivity index (χ3v) is 18.2. The molecule has 12 aliphatic heterocycles. The molecule has 0 aromatic heterocycles. The van der Waals surface area contributed by atoms with Gasteiger partial charge in [-0.2, -0.15) is 0 Å². The van der Waals surface area contributed by atoms with Crippen LogP contribution in [0, 0.1) is 0 Å². The lowest BCUT2D eigenvalue weighted by Crippen LogP contribution is -2.09. The first kappa shape index (κ1) is 48.8. The predicted molar refractivity (Wildman–Crippen MR) is 293 cm³/mol. The fourth-order valence-corrected chi connectivity index (χ4v) is 13.4. The Morgan fingerprint density at radius 2 is 0.377 bits per heavy atom. The molecular formula is C57H60O6S6. The van der Waals surface area contributed by atoms with Gasteiger partial charge in [0.05, 0.1) is 39.6 Å². The van der Waals surface area contributed by atoms with Crippen molar-refractivity contribution in [3.05, 3.63) is 140 Å². The van der Waals surface area contributed by atoms with Crippen LogP contribution < -0.4 is 28.4 Å². The molecule has 360 valence electrons. The molecule has 0 radical (unpaired) electrons. The maximum absolute atomic E-state index is 6.75. The maximum Gasteiger partial charge on any atom is 0.133 e. The van der Waals surface area contributed by atoms with Crippen molar-refractivity contribution in [1.29, 1.82) is 0 Å². The van der Waals surface area contributed by atoms with Crippen LogP contribution in [0.3, 0.4) is 0 Å². The van der Waals surface area contributed by atoms with E-state index in [1.54, 1.807) is 70.6 Å². The van der Waals surface area contributed by atoms with Crippen LogP contribution in [0.1, 0.15) is 86.0 Å². The number of rotatable bonds is 6. The van der Waals surface area contributed by atoms with E-state index in [1.807, 2.05) is 0 Å². The topological polar surface area (TPSA) is 55.4 Å². The van der Waals surface area contributed by atoms with E-state index < -0.39 is 0 Å². The summed E-state index contributed by atoms with van der Waals surface area (Å²) in [5.41, 5.74) is 15.6. The van der Waals surface area contributed by atoms with Gasteiger partial charge in [-0.25, -0.2) is 0 Å². The summed E-state index contributed by atoms with van der Waals surface area (Å²) >= 11 is 10.5. The van der Waals surface area contributed by atoms with Crippen molar-refractivity contribution in [3.63, 3.8) is 0 Å². The Bertz CT molecular complexity index is 2380. The third kappa shape index (κ3) is 10.7. The summed E-state index contributed by atoms with van der Waals surface area (Å²) in [5, 5.41) is 0. The van der Waals surface area contributed by atoms with Gasteiger partial charge in [-0.15, -0.1) is 70.6 Å². The molecule has 12 heterocycles. The summed E-state index contributed by atoms with van der Waals surface area (Å²) < 4.78 is 40.5. The van der Waals surface area contributed by atoms with Crippen LogP contribution in [0.4, 0.5) is 0 Å². The molecule has 12 heteroatoms. The minimum atomic E-state index is 0.551. The van der Waals surface area contributed by atoms with E-state index in [0.29, 0.717) is 39.6 Å². The normalized spacial score (nSPS) is 15.6. The minimum absolute atomic E-state index is 0.551. The van der Waals surface area contributed by atoms with Gasteiger partial charge in [0.2, 0.25) is 0 Å². The first-order valence-electron chi connectivity index (χ1n) is 23.8. The van der Waals surface area contributed by atoms with Crippen LogP contribution in [-0.2, 0) is 38.5 Å². The van der Waals surface area contributed by atoms with E-state index in [0.717, 1.165) is 122 Å². The van der Waals surface area contributed by atoms with E-state index in [-0.39, 0.29) is 0 Å². The maximum atomic E-state index is 6.75. The van der Waals surface area contributed by atoms with Crippen LogP contribution in [-0.4, -0.2) is 77.2 Å². The molecule has 18 bridgehead atoms. The molecule has 69 heavy (non-hydrogen) atoms. The Morgan fingerprint density at radius 3 is 0.522 bits per heavy atom. The molecule has 0 spiro atoms. The first-order valence-corrected chi connectivity index (χ1v) is 31.2. The largest absolute Gasteiger partial charge is 0.492 e. The van der Waals surface area contributed by atoms with Crippen molar-refractivity contribution in [2.24, 2.45) is 0 Å². The lowest BCUT2D eigenvalue weighted by Gasteiger charge is -2.19. The molecule has 6 nitrogen and oxygen atoms in total. The lowest BCUT2D eigenvalue weighted by atomic mass is 9.94. The fraction of sp³-hybridized carbons (Fsp3) is 0.368. The van der Waals surface area contributed by atoms with Crippen molar-refractivity contribution in [1.82, 2.24) is 0 Å². The highest BCUT2D eigenvalue weighted by atomic mass is 32.2. The predicted octanol–water partition coefficient (Wildman–Crippen LogP) is 14.4. The molecule has 0 N–H and O–H groups in total. The Kier molecular flexibility index (Phi) is 15.8. The number of hydrogen-bond acceptors (Lipinski definition) is 12. The molecule has 0 fully saturated rings. The second-order valence-electron chi connectivity index (χ2n) is 17.8. The van der Waals surface area contributed by atoms with Crippen LogP contribution in [0.5, 0.6) is 34.5 Å². The summed E-state index contributed by atoms with van der Waals surface area (Å²) in [4.78, 5) is 6.90. The van der Waals surface area contributed by atoms with Crippen LogP contribution in [0.25, 0.3) is 0 Å². The van der Waals surface area contributed by atoms with Gasteiger partial charge in [0.1, 0.15) is 34.5 Å². The summed E-state index contributed by atoms with van der Waals surface area (Å²) in [6.45, 7) is 3.31. The van der Waals surface area contributed by atoms with Crippen molar-refractivity contribution < 1.29 is 28.4 Å². The number of hydrogen-bond donors (Lipinski definition) is 0. The second-order valence-corrected chi connectivity index (χ2v) is 22.9. The van der Waals surface area contributed by atoms with Crippen LogP contribution in [0.2, 0.25) is 0 Å². The highest BCUT2D eigenvalue weighted by Crippen LogP contribution is 2.44. The SMILES string of the molecule is CSc1cc2c3cc1OCCCOc1cc4c(cc1SC)Cc1cc5c(SC)cc1Cc1cc(c(SC)cc1C4)OCCCOc1cc(c(cc1SC)C3)Cc1cc(SC)c(cc1C2)OCCCO5. The Hall–Kier alpha value is -3.78. The minimum Gasteiger partial charge on any atom is -0.492 e. The molecule has 6 aromatic rings. The molecular weight excluding hydrogens is 973 g/mol. The standard InChI is InChI=1S/C57H60O6S6/c1-64-52-28-40-16-35-23-47-54(66-3)30-42(35)18-36-24-49-53(65-2)29-41(36)17-34(40)22-46(52)58-10-7-11-59-48-25-37-19-44-32-56(68-5)51(63-15-9-14-61-49)27-39(44)21-45-33-57(69-6)50(62-13-8-12-60-47)26-38(45)20-43(37)31-55(48)67-4/h22-33H,7-21H2,1-6H3. The monoisotopic (exact) mass is 1030 g/mol. The molecule has 14 aliphatic rings. The molecule has 20 rings (SSSR count). The van der Waals surface area contributed by atoms with Gasteiger partial charge in [0, 0.05) is 48.6 Å². The average molecular weight is 1030 g/mol. The van der Waals surface area contributed by atoms with Crippen molar-refractivity contribution in [3.8, 4) is 34.5 Å². The van der Waals surface area contributed by atoms with Crippen molar-refractivity contribution in [2.75, 3.05) is 77.2 Å². The van der Waals surface area contributed by atoms with Gasteiger partial charge in [0.25, 0.3) is 0 Å². The lowest BCUT2D eigenvalue weighted by molar-refractivity contribution is 0.241. The highest BCUT2D eigenvalue weighted by Gasteiger charge is 2.25. The van der Waals surface area contributed by atoms with Crippen LogP contribution in [0.15, 0.2) is 102 Å². The summed E-state index contributed by atoms with van der Waals surface area (Å²) in [6.07, 6.45) is 20.0. The molecule has 2 aliphatic carbocycles. The van der Waals surface area contributed by atoms with Gasteiger partial charge in [-0.1, -0.05) is 0 Å². The highest BCUT2D eigenvalue weighted by molar-refractivity contribution is 7.99. The van der Waals surface area contributed by atoms with Gasteiger partial charge in [-0.3, -0.25) is 0 Å². The van der Waals surface area contributed by atoms with Gasteiger partial charge >= 0.3 is 0 Å². The molecule has 0 saturated heterocycles. The Balaban J connectivity index is 1.15. The number of benzene rings is 6. The van der Waals surface area contributed by atoms with E-state index in [2.05, 4.69) is 110 Å². The van der Waals surface area contributed by atoms with E-state index in [1.165, 1.54) is 66.8 Å². The Labute approximate surface area is 434 Å². The zero-order valence-corrected chi connectivity index (χ0v) is 45.3. The smallest absolute Gasteiger partial charge is 0.133 e. The van der Waals surface area contributed by atoms with Gasteiger partial charge in [-0.05, 0) is 216 Å². The van der Waals surface area contributed by atoms with Gasteiger partial charge < -0.3 is 28.4 Å². The van der Waals surface area contributed by atoms with E-state index >= 15 is 0 Å². The van der Waals surface area contributed by atoms with Crippen LogP contribution >= 0.6 is 70.6 Å². The van der Waals surface area contributed by atoms with E-state index in [9.17, 15) is 0 Å². The summed E-state index contributed by atoms with van der Waals surface area (Å²) in [6, 6.07) is 28.2. The number of ether oxygens (including phenoxy) is 6. The zero-order chi connectivity index (χ0) is 47.4. The molecule has 0 atom stereocenters. The molecule has 0 saturated carbocycles. The molecule has 6 aromatic carbocycles. The quantitative estimate of drug-likeness (QED) is 0.149. The molecule has 0 unspecified atom stereocenters. The van der Waals surface area contributed by atoms with E-state index in [4.69, 9.17) is 28.4 Å². The fourth-order valence-electron chi connectivity index (χ4n) is 9.97. The van der Waals surface area contributed by atoms with Crippen molar-refractivity contribution >= 4 is 70.6 Å². The van der Waals surface area contributed by atoms with Crippen molar-refractivity contribution in [2.45, 2.75) is 87.2 Å². The third-order valence-electron chi connectivity index (χ3n) is 13.6. The average Bonchev–Trinajstić information content (AvgIpc) is 3.45. The number of thioether (sulfide) groups is 6. The zero-order valence-electron chi connectivity index (χ0n) is 40.4. The summed E-state index contributed by atoms with van der Waals surface area (Å²) in [7, 11) is 0. The summed E-state index contributed by atoms with van der Waals surface area (Å²) in [5.74, 6) is 5.60. The second kappa shape index (κ2) is 22.3. The first-order chi connectivity index (χ1) is 33.8. The van der Waals surface area contributed by atoms with Gasteiger partial charge in [0.15, 0.2) is 0 Å². The Morgan fingerprint density at radius 1 is 0.232 bits per heavy atom. The molecule has 0 amide bonds.